The third-order valence-electron chi connectivity index (χ3n) is 4.22. The Labute approximate surface area is 137 Å². The molecule has 1 aliphatic carbocycles. The summed E-state index contributed by atoms with van der Waals surface area (Å²) in [4.78, 5) is 25.7. The van der Waals surface area contributed by atoms with Gasteiger partial charge >= 0.3 is 5.97 Å². The smallest absolute Gasteiger partial charge is 0.338 e. The highest BCUT2D eigenvalue weighted by molar-refractivity contribution is 5.89. The van der Waals surface area contributed by atoms with Crippen LogP contribution >= 0.6 is 0 Å². The van der Waals surface area contributed by atoms with E-state index in [1.807, 2.05) is 7.05 Å². The first kappa shape index (κ1) is 17.3. The molecule has 1 aliphatic rings. The van der Waals surface area contributed by atoms with Crippen LogP contribution in [0.5, 0.6) is 5.75 Å². The summed E-state index contributed by atoms with van der Waals surface area (Å²) in [6.07, 6.45) is 5.77. The van der Waals surface area contributed by atoms with Crippen molar-refractivity contribution in [3.8, 4) is 5.75 Å². The van der Waals surface area contributed by atoms with Gasteiger partial charge in [-0.05, 0) is 38.0 Å². The highest BCUT2D eigenvalue weighted by Crippen LogP contribution is 2.22. The van der Waals surface area contributed by atoms with Crippen LogP contribution < -0.4 is 4.74 Å². The van der Waals surface area contributed by atoms with E-state index in [0.29, 0.717) is 24.0 Å². The number of likely N-dealkylation sites (N-methyl/N-ethyl adjacent to an activating group) is 1. The third kappa shape index (κ3) is 4.98. The first-order chi connectivity index (χ1) is 11.1. The molecule has 1 saturated carbocycles. The summed E-state index contributed by atoms with van der Waals surface area (Å²) in [7, 11) is 1.84. The van der Waals surface area contributed by atoms with Gasteiger partial charge in [0.15, 0.2) is 6.61 Å². The highest BCUT2D eigenvalue weighted by Gasteiger charge is 2.22. The molecule has 0 atom stereocenters. The van der Waals surface area contributed by atoms with Gasteiger partial charge < -0.3 is 14.4 Å². The molecule has 1 fully saturated rings. The van der Waals surface area contributed by atoms with Gasteiger partial charge in [-0.15, -0.1) is 0 Å². The zero-order valence-corrected chi connectivity index (χ0v) is 13.9. The minimum Gasteiger partial charge on any atom is -0.484 e. The van der Waals surface area contributed by atoms with Crippen LogP contribution in [0.3, 0.4) is 0 Å². The van der Waals surface area contributed by atoms with Gasteiger partial charge in [-0.3, -0.25) is 4.79 Å². The third-order valence-corrected chi connectivity index (χ3v) is 4.22. The molecule has 126 valence electrons. The minimum atomic E-state index is -0.386. The molecule has 1 aromatic rings. The lowest BCUT2D eigenvalue weighted by Crippen LogP contribution is -2.40. The summed E-state index contributed by atoms with van der Waals surface area (Å²) in [6, 6.07) is 7.05. The first-order valence-electron chi connectivity index (χ1n) is 8.27. The van der Waals surface area contributed by atoms with Crippen molar-refractivity contribution in [3.63, 3.8) is 0 Å². The van der Waals surface area contributed by atoms with Gasteiger partial charge in [0, 0.05) is 13.1 Å². The number of esters is 1. The van der Waals surface area contributed by atoms with E-state index in [1.165, 1.54) is 19.3 Å². The van der Waals surface area contributed by atoms with E-state index in [4.69, 9.17) is 9.47 Å². The Hall–Kier alpha value is -2.04. The van der Waals surface area contributed by atoms with Crippen LogP contribution in [0, 0.1) is 0 Å². The van der Waals surface area contributed by atoms with E-state index < -0.39 is 0 Å². The van der Waals surface area contributed by atoms with Gasteiger partial charge in [-0.1, -0.05) is 25.3 Å². The summed E-state index contributed by atoms with van der Waals surface area (Å²) in [5.41, 5.74) is 0.428. The Morgan fingerprint density at radius 1 is 1.22 bits per heavy atom. The highest BCUT2D eigenvalue weighted by atomic mass is 16.5. The predicted octanol–water partition coefficient (Wildman–Crippen LogP) is 3.03. The maximum Gasteiger partial charge on any atom is 0.338 e. The fraction of sp³-hybridized carbons (Fsp3) is 0.556. The molecule has 0 N–H and O–H groups in total. The lowest BCUT2D eigenvalue weighted by atomic mass is 9.94. The number of amides is 1. The van der Waals surface area contributed by atoms with Crippen molar-refractivity contribution in [1.29, 1.82) is 0 Å². The van der Waals surface area contributed by atoms with E-state index in [1.54, 1.807) is 36.1 Å². The van der Waals surface area contributed by atoms with Crippen molar-refractivity contribution in [2.75, 3.05) is 20.3 Å². The molecule has 1 amide bonds. The molecular weight excluding hydrogens is 294 g/mol. The fourth-order valence-corrected chi connectivity index (χ4v) is 2.85. The minimum absolute atomic E-state index is 0.0146. The molecule has 1 aromatic carbocycles. The van der Waals surface area contributed by atoms with E-state index >= 15 is 0 Å². The summed E-state index contributed by atoms with van der Waals surface area (Å²) in [5, 5.41) is 0. The average molecular weight is 319 g/mol. The Morgan fingerprint density at radius 2 is 1.96 bits per heavy atom. The zero-order chi connectivity index (χ0) is 16.7. The van der Waals surface area contributed by atoms with Crippen molar-refractivity contribution in [1.82, 2.24) is 4.90 Å². The zero-order valence-electron chi connectivity index (χ0n) is 13.9. The second-order valence-electron chi connectivity index (χ2n) is 5.83. The van der Waals surface area contributed by atoms with Crippen LogP contribution in [0.4, 0.5) is 0 Å². The standard InChI is InChI=1S/C18H25NO4/c1-3-22-18(21)14-8-7-11-16(12-14)23-13-17(20)19(2)15-9-5-4-6-10-15/h7-8,11-12,15H,3-6,9-10,13H2,1-2H3. The average Bonchev–Trinajstić information content (AvgIpc) is 2.60. The Balaban J connectivity index is 1.88. The van der Waals surface area contributed by atoms with Crippen molar-refractivity contribution in [2.45, 2.75) is 45.1 Å². The molecule has 0 radical (unpaired) electrons. The number of rotatable bonds is 6. The quantitative estimate of drug-likeness (QED) is 0.756. The van der Waals surface area contributed by atoms with Gasteiger partial charge in [0.2, 0.25) is 0 Å². The summed E-state index contributed by atoms with van der Waals surface area (Å²) < 4.78 is 10.5. The van der Waals surface area contributed by atoms with Crippen molar-refractivity contribution in [3.05, 3.63) is 29.8 Å². The second kappa shape index (κ2) is 8.56. The van der Waals surface area contributed by atoms with Gasteiger partial charge in [0.05, 0.1) is 12.2 Å². The lowest BCUT2D eigenvalue weighted by molar-refractivity contribution is -0.134. The summed E-state index contributed by atoms with van der Waals surface area (Å²) in [5.74, 6) is 0.0861. The van der Waals surface area contributed by atoms with Crippen LogP contribution in [0.15, 0.2) is 24.3 Å². The van der Waals surface area contributed by atoms with E-state index in [9.17, 15) is 9.59 Å². The largest absolute Gasteiger partial charge is 0.484 e. The number of nitrogens with zero attached hydrogens (tertiary/aromatic N) is 1. The predicted molar refractivity (Wildman–Crippen MR) is 87.5 cm³/mol. The molecule has 0 spiro atoms. The Bertz CT molecular complexity index is 538. The van der Waals surface area contributed by atoms with Gasteiger partial charge in [0.1, 0.15) is 5.75 Å². The molecular formula is C18H25NO4. The Morgan fingerprint density at radius 3 is 2.65 bits per heavy atom. The van der Waals surface area contributed by atoms with Crippen molar-refractivity contribution < 1.29 is 19.1 Å². The van der Waals surface area contributed by atoms with Gasteiger partial charge in [-0.25, -0.2) is 4.79 Å². The number of benzene rings is 1. The van der Waals surface area contributed by atoms with Crippen LogP contribution in [0.2, 0.25) is 0 Å². The summed E-state index contributed by atoms with van der Waals surface area (Å²) >= 11 is 0. The van der Waals surface area contributed by atoms with E-state index in [-0.39, 0.29) is 18.5 Å². The van der Waals surface area contributed by atoms with Gasteiger partial charge in [0.25, 0.3) is 5.91 Å². The van der Waals surface area contributed by atoms with Crippen LogP contribution in [0.1, 0.15) is 49.4 Å². The SMILES string of the molecule is CCOC(=O)c1cccc(OCC(=O)N(C)C2CCCCC2)c1. The topological polar surface area (TPSA) is 55.8 Å². The van der Waals surface area contributed by atoms with Crippen molar-refractivity contribution in [2.24, 2.45) is 0 Å². The van der Waals surface area contributed by atoms with Crippen LogP contribution in [0.25, 0.3) is 0 Å². The molecule has 0 heterocycles. The number of hydrogen-bond donors (Lipinski definition) is 0. The normalized spacial score (nSPS) is 15.0. The molecule has 0 bridgehead atoms. The van der Waals surface area contributed by atoms with E-state index in [0.717, 1.165) is 12.8 Å². The van der Waals surface area contributed by atoms with Gasteiger partial charge in [-0.2, -0.15) is 0 Å². The molecule has 23 heavy (non-hydrogen) atoms. The number of hydrogen-bond acceptors (Lipinski definition) is 4. The summed E-state index contributed by atoms with van der Waals surface area (Å²) in [6.45, 7) is 2.08. The maximum absolute atomic E-state index is 12.2. The maximum atomic E-state index is 12.2. The van der Waals surface area contributed by atoms with Crippen LogP contribution in [-0.4, -0.2) is 43.1 Å². The Kier molecular flexibility index (Phi) is 6.44. The monoisotopic (exact) mass is 319 g/mol. The number of carbonyl (C=O) groups excluding carboxylic acids is 2. The molecule has 5 heteroatoms. The van der Waals surface area contributed by atoms with Crippen LogP contribution in [-0.2, 0) is 9.53 Å². The molecule has 0 unspecified atom stereocenters. The second-order valence-corrected chi connectivity index (χ2v) is 5.83. The molecule has 0 aliphatic heterocycles. The fourth-order valence-electron chi connectivity index (χ4n) is 2.85. The molecule has 0 aromatic heterocycles. The molecule has 5 nitrogen and oxygen atoms in total. The number of ether oxygens (including phenoxy) is 2. The first-order valence-corrected chi connectivity index (χ1v) is 8.27. The lowest BCUT2D eigenvalue weighted by Gasteiger charge is -2.31. The number of carbonyl (C=O) groups is 2. The molecule has 0 saturated heterocycles. The van der Waals surface area contributed by atoms with E-state index in [2.05, 4.69) is 0 Å². The van der Waals surface area contributed by atoms with Crippen molar-refractivity contribution >= 4 is 11.9 Å². The molecule has 2 rings (SSSR count).